The Morgan fingerprint density at radius 1 is 1.27 bits per heavy atom. The largest absolute Gasteiger partial charge is 0.357 e. The second-order valence-corrected chi connectivity index (χ2v) is 5.76. The molecule has 1 rings (SSSR count). The Hall–Kier alpha value is -0.610. The number of aliphatic imine (C=N–C) groups is 1. The van der Waals surface area contributed by atoms with E-state index >= 15 is 0 Å². The van der Waals surface area contributed by atoms with Gasteiger partial charge in [-0.3, -0.25) is 9.69 Å². The van der Waals surface area contributed by atoms with Gasteiger partial charge in [0.1, 0.15) is 6.54 Å². The Bertz CT molecular complexity index is 363. The van der Waals surface area contributed by atoms with Gasteiger partial charge in [0.05, 0.1) is 0 Å². The lowest BCUT2D eigenvalue weighted by molar-refractivity contribution is -0.127. The maximum absolute atomic E-state index is 11.6. The van der Waals surface area contributed by atoms with E-state index in [-0.39, 0.29) is 36.4 Å². The van der Waals surface area contributed by atoms with Gasteiger partial charge in [0, 0.05) is 52.9 Å². The maximum Gasteiger partial charge on any atom is 0.243 e. The van der Waals surface area contributed by atoms with E-state index in [1.165, 1.54) is 0 Å². The lowest BCUT2D eigenvalue weighted by Gasteiger charge is -2.37. The first-order chi connectivity index (χ1) is 9.93. The molecule has 0 aromatic carbocycles. The van der Waals surface area contributed by atoms with Crippen molar-refractivity contribution in [3.8, 4) is 0 Å². The molecule has 0 saturated carbocycles. The van der Waals surface area contributed by atoms with Crippen molar-refractivity contribution in [3.63, 3.8) is 0 Å². The SMILES string of the molecule is CCNC(=NCC(=O)N(C)C)NCC1CN(C)CCN1C.I. The molecule has 130 valence electrons. The number of hydrogen-bond donors (Lipinski definition) is 2. The zero-order valence-electron chi connectivity index (χ0n) is 14.4. The fourth-order valence-corrected chi connectivity index (χ4v) is 2.17. The van der Waals surface area contributed by atoms with E-state index in [0.717, 1.165) is 32.7 Å². The molecule has 0 radical (unpaired) electrons. The van der Waals surface area contributed by atoms with Gasteiger partial charge in [-0.15, -0.1) is 24.0 Å². The summed E-state index contributed by atoms with van der Waals surface area (Å²) in [5.74, 6) is 0.705. The smallest absolute Gasteiger partial charge is 0.243 e. The molecule has 8 heteroatoms. The number of likely N-dealkylation sites (N-methyl/N-ethyl adjacent to an activating group) is 3. The molecule has 1 saturated heterocycles. The zero-order chi connectivity index (χ0) is 15.8. The normalized spacial score (nSPS) is 20.2. The molecule has 1 aliphatic heterocycles. The first kappa shape index (κ1) is 21.4. The molecular formula is C14H31IN6O. The summed E-state index contributed by atoms with van der Waals surface area (Å²) in [5, 5.41) is 6.51. The van der Waals surface area contributed by atoms with Crippen LogP contribution in [-0.4, -0.2) is 100 Å². The van der Waals surface area contributed by atoms with Gasteiger partial charge in [-0.1, -0.05) is 0 Å². The van der Waals surface area contributed by atoms with Crippen molar-refractivity contribution in [2.24, 2.45) is 4.99 Å². The number of guanidine groups is 1. The van der Waals surface area contributed by atoms with E-state index in [1.54, 1.807) is 19.0 Å². The molecule has 1 aliphatic rings. The van der Waals surface area contributed by atoms with E-state index in [2.05, 4.69) is 39.5 Å². The Labute approximate surface area is 151 Å². The van der Waals surface area contributed by atoms with Crippen LogP contribution in [0.25, 0.3) is 0 Å². The van der Waals surface area contributed by atoms with E-state index in [4.69, 9.17) is 0 Å². The van der Waals surface area contributed by atoms with Crippen LogP contribution in [-0.2, 0) is 4.79 Å². The number of rotatable bonds is 5. The highest BCUT2D eigenvalue weighted by Crippen LogP contribution is 2.04. The molecule has 0 aromatic heterocycles. The molecule has 0 aliphatic carbocycles. The van der Waals surface area contributed by atoms with Crippen molar-refractivity contribution in [1.29, 1.82) is 0 Å². The predicted molar refractivity (Wildman–Crippen MR) is 102 cm³/mol. The average molecular weight is 426 g/mol. The third-order valence-electron chi connectivity index (χ3n) is 3.70. The molecule has 1 atom stereocenters. The van der Waals surface area contributed by atoms with Crippen molar-refractivity contribution < 1.29 is 4.79 Å². The second kappa shape index (κ2) is 11.0. The van der Waals surface area contributed by atoms with Gasteiger partial charge in [-0.05, 0) is 21.0 Å². The quantitative estimate of drug-likeness (QED) is 0.353. The Morgan fingerprint density at radius 2 is 1.95 bits per heavy atom. The Kier molecular flexibility index (Phi) is 10.7. The minimum absolute atomic E-state index is 0. The number of hydrogen-bond acceptors (Lipinski definition) is 4. The van der Waals surface area contributed by atoms with Crippen molar-refractivity contribution in [3.05, 3.63) is 0 Å². The van der Waals surface area contributed by atoms with Crippen LogP contribution in [0.3, 0.4) is 0 Å². The average Bonchev–Trinajstić information content (AvgIpc) is 2.44. The van der Waals surface area contributed by atoms with Crippen molar-refractivity contribution in [2.75, 3.05) is 67.5 Å². The lowest BCUT2D eigenvalue weighted by Crippen LogP contribution is -2.55. The van der Waals surface area contributed by atoms with Crippen LogP contribution in [0.4, 0.5) is 0 Å². The molecule has 1 fully saturated rings. The fourth-order valence-electron chi connectivity index (χ4n) is 2.17. The summed E-state index contributed by atoms with van der Waals surface area (Å²) in [5.41, 5.74) is 0. The van der Waals surface area contributed by atoms with Crippen LogP contribution in [0.1, 0.15) is 6.92 Å². The standard InChI is InChI=1S/C14H30N6O.HI/c1-6-15-14(17-10-13(21)18(2)3)16-9-12-11-19(4)7-8-20(12)5;/h12H,6-11H2,1-5H3,(H2,15,16,17);1H. The van der Waals surface area contributed by atoms with E-state index in [0.29, 0.717) is 12.0 Å². The van der Waals surface area contributed by atoms with Crippen LogP contribution < -0.4 is 10.6 Å². The van der Waals surface area contributed by atoms with E-state index < -0.39 is 0 Å². The summed E-state index contributed by atoms with van der Waals surface area (Å²) in [6.45, 7) is 7.02. The summed E-state index contributed by atoms with van der Waals surface area (Å²) < 4.78 is 0. The number of nitrogens with one attached hydrogen (secondary N) is 2. The van der Waals surface area contributed by atoms with Crippen LogP contribution in [0.2, 0.25) is 0 Å². The first-order valence-corrected chi connectivity index (χ1v) is 7.55. The van der Waals surface area contributed by atoms with Gasteiger partial charge >= 0.3 is 0 Å². The van der Waals surface area contributed by atoms with Gasteiger partial charge in [-0.25, -0.2) is 4.99 Å². The van der Waals surface area contributed by atoms with Crippen LogP contribution in [0.5, 0.6) is 0 Å². The number of carbonyl (C=O) groups excluding carboxylic acids is 1. The minimum Gasteiger partial charge on any atom is -0.357 e. The van der Waals surface area contributed by atoms with Gasteiger partial charge in [0.15, 0.2) is 5.96 Å². The summed E-state index contributed by atoms with van der Waals surface area (Å²) in [6.07, 6.45) is 0. The summed E-state index contributed by atoms with van der Waals surface area (Å²) in [6, 6.07) is 0.456. The van der Waals surface area contributed by atoms with Gasteiger partial charge in [0.25, 0.3) is 0 Å². The highest BCUT2D eigenvalue weighted by molar-refractivity contribution is 14.0. The number of nitrogens with zero attached hydrogens (tertiary/aromatic N) is 4. The van der Waals surface area contributed by atoms with Gasteiger partial charge < -0.3 is 20.4 Å². The third-order valence-corrected chi connectivity index (χ3v) is 3.70. The summed E-state index contributed by atoms with van der Waals surface area (Å²) in [4.78, 5) is 22.2. The predicted octanol–water partition coefficient (Wildman–Crippen LogP) is -0.506. The highest BCUT2D eigenvalue weighted by atomic mass is 127. The zero-order valence-corrected chi connectivity index (χ0v) is 16.8. The minimum atomic E-state index is 0. The molecule has 1 amide bonds. The summed E-state index contributed by atoms with van der Waals surface area (Å²) >= 11 is 0. The fraction of sp³-hybridized carbons (Fsp3) is 0.857. The number of piperazine rings is 1. The van der Waals surface area contributed by atoms with Crippen LogP contribution >= 0.6 is 24.0 Å². The van der Waals surface area contributed by atoms with Crippen molar-refractivity contribution in [1.82, 2.24) is 25.3 Å². The Morgan fingerprint density at radius 3 is 2.55 bits per heavy atom. The molecule has 0 spiro atoms. The molecule has 22 heavy (non-hydrogen) atoms. The molecule has 1 heterocycles. The maximum atomic E-state index is 11.6. The number of amides is 1. The van der Waals surface area contributed by atoms with Crippen LogP contribution in [0, 0.1) is 0 Å². The topological polar surface area (TPSA) is 63.2 Å². The summed E-state index contributed by atoms with van der Waals surface area (Å²) in [7, 11) is 7.78. The lowest BCUT2D eigenvalue weighted by atomic mass is 10.2. The molecule has 0 aromatic rings. The third kappa shape index (κ3) is 7.59. The number of halogens is 1. The molecule has 2 N–H and O–H groups in total. The Balaban J connectivity index is 0.00000441. The van der Waals surface area contributed by atoms with Gasteiger partial charge in [0.2, 0.25) is 5.91 Å². The monoisotopic (exact) mass is 426 g/mol. The number of carbonyl (C=O) groups is 1. The van der Waals surface area contributed by atoms with Gasteiger partial charge in [-0.2, -0.15) is 0 Å². The molecule has 7 nitrogen and oxygen atoms in total. The van der Waals surface area contributed by atoms with Crippen molar-refractivity contribution >= 4 is 35.8 Å². The molecular weight excluding hydrogens is 395 g/mol. The second-order valence-electron chi connectivity index (χ2n) is 5.76. The van der Waals surface area contributed by atoms with Crippen molar-refractivity contribution in [2.45, 2.75) is 13.0 Å². The first-order valence-electron chi connectivity index (χ1n) is 7.55. The van der Waals surface area contributed by atoms with E-state index in [9.17, 15) is 4.79 Å². The van der Waals surface area contributed by atoms with E-state index in [1.807, 2.05) is 6.92 Å². The van der Waals surface area contributed by atoms with Crippen LogP contribution in [0.15, 0.2) is 4.99 Å². The highest BCUT2D eigenvalue weighted by Gasteiger charge is 2.22. The molecule has 1 unspecified atom stereocenters. The molecule has 0 bridgehead atoms.